The summed E-state index contributed by atoms with van der Waals surface area (Å²) in [6, 6.07) is -0.308. The van der Waals surface area contributed by atoms with Crippen LogP contribution in [-0.2, 0) is 6.42 Å². The van der Waals surface area contributed by atoms with Crippen LogP contribution in [0.25, 0.3) is 12.2 Å². The first-order valence-corrected chi connectivity index (χ1v) is 5.11. The topological polar surface area (TPSA) is 62.0 Å². The smallest absolute Gasteiger partial charge is 0.0989 e. The van der Waals surface area contributed by atoms with Gasteiger partial charge >= 0.3 is 0 Å². The molecule has 1 aromatic heterocycles. The van der Waals surface area contributed by atoms with Gasteiger partial charge in [-0.3, -0.25) is 0 Å². The van der Waals surface area contributed by atoms with Crippen molar-refractivity contribution < 1.29 is 9.50 Å². The Morgan fingerprint density at radius 2 is 2.44 bits per heavy atom. The average Bonchev–Trinajstić information content (AvgIpc) is 2.59. The molecule has 0 aliphatic rings. The quantitative estimate of drug-likeness (QED) is 0.714. The molecule has 0 saturated carbocycles. The Hall–Kier alpha value is -1.39. The van der Waals surface area contributed by atoms with Gasteiger partial charge in [0, 0.05) is 23.5 Å². The summed E-state index contributed by atoms with van der Waals surface area (Å²) in [5.74, 6) is -0.275. The van der Waals surface area contributed by atoms with E-state index >= 15 is 0 Å². The summed E-state index contributed by atoms with van der Waals surface area (Å²) in [6.45, 7) is 5.00. The summed E-state index contributed by atoms with van der Waals surface area (Å²) in [7, 11) is 0. The Kier molecular flexibility index (Phi) is 4.46. The number of aliphatic hydroxyl groups is 1. The maximum atomic E-state index is 12.8. The summed E-state index contributed by atoms with van der Waals surface area (Å²) in [4.78, 5) is 2.96. The third-order valence-electron chi connectivity index (χ3n) is 2.30. The van der Waals surface area contributed by atoms with Gasteiger partial charge in [0.05, 0.1) is 12.4 Å². The molecule has 1 heterocycles. The average molecular weight is 224 g/mol. The highest BCUT2D eigenvalue weighted by molar-refractivity contribution is 5.65. The zero-order valence-corrected chi connectivity index (χ0v) is 9.33. The largest absolute Gasteiger partial charge is 0.395 e. The predicted octanol–water partition coefficient (Wildman–Crippen LogP) is 1.85. The van der Waals surface area contributed by atoms with Crippen LogP contribution in [0, 0.1) is 0 Å². The van der Waals surface area contributed by atoms with E-state index in [-0.39, 0.29) is 18.5 Å². The molecule has 1 unspecified atom stereocenters. The lowest BCUT2D eigenvalue weighted by Gasteiger charge is -2.07. The number of hydrogen-bond acceptors (Lipinski definition) is 2. The van der Waals surface area contributed by atoms with Gasteiger partial charge in [-0.05, 0) is 25.0 Å². The number of H-pyrrole nitrogens is 1. The fraction of sp³-hybridized carbons (Fsp3) is 0.333. The molecular weight excluding hydrogens is 207 g/mol. The molecule has 1 rings (SSSR count). The molecular formula is C12H17FN2O. The van der Waals surface area contributed by atoms with Gasteiger partial charge in [-0.15, -0.1) is 0 Å². The van der Waals surface area contributed by atoms with Gasteiger partial charge in [0.15, 0.2) is 0 Å². The molecule has 0 aliphatic heterocycles. The van der Waals surface area contributed by atoms with Gasteiger partial charge in [-0.1, -0.05) is 12.7 Å². The van der Waals surface area contributed by atoms with E-state index in [1.165, 1.54) is 13.0 Å². The van der Waals surface area contributed by atoms with Crippen molar-refractivity contribution in [3.63, 3.8) is 0 Å². The first-order valence-electron chi connectivity index (χ1n) is 5.11. The van der Waals surface area contributed by atoms with Crippen LogP contribution < -0.4 is 5.73 Å². The standard InChI is InChI=1S/C12H17FN2O/c1-3-11-9(5-10(14)7-16)6-15-12(11)4-8(2)13/h3-4,6,10,15-16H,1,5,7,14H2,2H3/b8-4+. The van der Waals surface area contributed by atoms with Crippen LogP contribution in [0.15, 0.2) is 18.6 Å². The first kappa shape index (κ1) is 12.7. The summed E-state index contributed by atoms with van der Waals surface area (Å²) in [5.41, 5.74) is 8.10. The Morgan fingerprint density at radius 3 is 2.94 bits per heavy atom. The molecule has 0 aromatic carbocycles. The summed E-state index contributed by atoms with van der Waals surface area (Å²) < 4.78 is 12.8. The van der Waals surface area contributed by atoms with Crippen molar-refractivity contribution in [2.75, 3.05) is 6.61 Å². The van der Waals surface area contributed by atoms with Crippen LogP contribution in [-0.4, -0.2) is 22.7 Å². The molecule has 0 saturated heterocycles. The van der Waals surface area contributed by atoms with Gasteiger partial charge in [-0.2, -0.15) is 0 Å². The molecule has 16 heavy (non-hydrogen) atoms. The van der Waals surface area contributed by atoms with E-state index in [1.807, 2.05) is 0 Å². The number of nitrogens with one attached hydrogen (secondary N) is 1. The highest BCUT2D eigenvalue weighted by Crippen LogP contribution is 2.19. The lowest BCUT2D eigenvalue weighted by atomic mass is 10.0. The molecule has 4 heteroatoms. The number of hydrogen-bond donors (Lipinski definition) is 3. The first-order chi connectivity index (χ1) is 7.58. The third-order valence-corrected chi connectivity index (χ3v) is 2.30. The van der Waals surface area contributed by atoms with E-state index in [0.717, 1.165) is 11.1 Å². The second kappa shape index (κ2) is 5.63. The minimum atomic E-state index is -0.308. The summed E-state index contributed by atoms with van der Waals surface area (Å²) in [5, 5.41) is 8.88. The number of aromatic amines is 1. The SMILES string of the molecule is C=Cc1c(CC(N)CO)c[nH]c1/C=C(\C)F. The Bertz CT molecular complexity index is 392. The van der Waals surface area contributed by atoms with Gasteiger partial charge in [0.25, 0.3) is 0 Å². The fourth-order valence-corrected chi connectivity index (χ4v) is 1.57. The van der Waals surface area contributed by atoms with E-state index in [2.05, 4.69) is 11.6 Å². The minimum absolute atomic E-state index is 0.0743. The van der Waals surface area contributed by atoms with Crippen molar-refractivity contribution in [3.8, 4) is 0 Å². The molecule has 0 bridgehead atoms. The van der Waals surface area contributed by atoms with Crippen LogP contribution >= 0.6 is 0 Å². The molecule has 0 aliphatic carbocycles. The Labute approximate surface area is 94.5 Å². The van der Waals surface area contributed by atoms with E-state index in [4.69, 9.17) is 10.8 Å². The maximum absolute atomic E-state index is 12.8. The number of aliphatic hydroxyl groups excluding tert-OH is 1. The van der Waals surface area contributed by atoms with Crippen LogP contribution in [0.1, 0.15) is 23.7 Å². The zero-order valence-electron chi connectivity index (χ0n) is 9.33. The van der Waals surface area contributed by atoms with Gasteiger partial charge in [0.2, 0.25) is 0 Å². The van der Waals surface area contributed by atoms with E-state index in [9.17, 15) is 4.39 Å². The number of halogens is 1. The monoisotopic (exact) mass is 224 g/mol. The third kappa shape index (κ3) is 3.05. The normalized spacial score (nSPS) is 13.9. The van der Waals surface area contributed by atoms with Crippen molar-refractivity contribution in [1.29, 1.82) is 0 Å². The van der Waals surface area contributed by atoms with Gasteiger partial charge in [0.1, 0.15) is 0 Å². The molecule has 0 radical (unpaired) electrons. The van der Waals surface area contributed by atoms with Crippen molar-refractivity contribution >= 4 is 12.2 Å². The molecule has 88 valence electrons. The van der Waals surface area contributed by atoms with Gasteiger partial charge < -0.3 is 15.8 Å². The highest BCUT2D eigenvalue weighted by atomic mass is 19.1. The van der Waals surface area contributed by atoms with Crippen LogP contribution in [0.3, 0.4) is 0 Å². The van der Waals surface area contributed by atoms with Crippen LogP contribution in [0.2, 0.25) is 0 Å². The van der Waals surface area contributed by atoms with Crippen molar-refractivity contribution in [2.24, 2.45) is 5.73 Å². The molecule has 0 spiro atoms. The molecule has 1 aromatic rings. The molecule has 0 fully saturated rings. The summed E-state index contributed by atoms with van der Waals surface area (Å²) in [6.07, 6.45) is 5.37. The van der Waals surface area contributed by atoms with Crippen LogP contribution in [0.5, 0.6) is 0 Å². The minimum Gasteiger partial charge on any atom is -0.395 e. The van der Waals surface area contributed by atoms with E-state index in [1.54, 1.807) is 12.3 Å². The number of aromatic nitrogens is 1. The van der Waals surface area contributed by atoms with Gasteiger partial charge in [-0.25, -0.2) is 4.39 Å². The lowest BCUT2D eigenvalue weighted by Crippen LogP contribution is -2.26. The number of rotatable bonds is 5. The Balaban J connectivity index is 2.99. The molecule has 4 N–H and O–H groups in total. The molecule has 3 nitrogen and oxygen atoms in total. The maximum Gasteiger partial charge on any atom is 0.0989 e. The molecule has 1 atom stereocenters. The molecule has 0 amide bonds. The second-order valence-corrected chi connectivity index (χ2v) is 3.72. The highest BCUT2D eigenvalue weighted by Gasteiger charge is 2.10. The number of allylic oxidation sites excluding steroid dienone is 1. The van der Waals surface area contributed by atoms with E-state index < -0.39 is 0 Å². The lowest BCUT2D eigenvalue weighted by molar-refractivity contribution is 0.265. The zero-order chi connectivity index (χ0) is 12.1. The fourth-order valence-electron chi connectivity index (χ4n) is 1.57. The number of nitrogens with two attached hydrogens (primary N) is 1. The second-order valence-electron chi connectivity index (χ2n) is 3.72. The van der Waals surface area contributed by atoms with Crippen molar-refractivity contribution in [3.05, 3.63) is 35.4 Å². The van der Waals surface area contributed by atoms with Crippen molar-refractivity contribution in [1.82, 2.24) is 4.98 Å². The Morgan fingerprint density at radius 1 is 1.75 bits per heavy atom. The van der Waals surface area contributed by atoms with Crippen molar-refractivity contribution in [2.45, 2.75) is 19.4 Å². The van der Waals surface area contributed by atoms with E-state index in [0.29, 0.717) is 12.1 Å². The predicted molar refractivity (Wildman–Crippen MR) is 64.4 cm³/mol. The summed E-state index contributed by atoms with van der Waals surface area (Å²) >= 11 is 0. The van der Waals surface area contributed by atoms with Crippen LogP contribution in [0.4, 0.5) is 4.39 Å².